The molecule has 1 heterocycles. The topological polar surface area (TPSA) is 33.2 Å². The van der Waals surface area contributed by atoms with Crippen molar-refractivity contribution < 1.29 is 4.79 Å². The Kier molecular flexibility index (Phi) is 3.83. The van der Waals surface area contributed by atoms with Crippen LogP contribution in [0.4, 0.5) is 5.13 Å². The lowest BCUT2D eigenvalue weighted by Crippen LogP contribution is -2.21. The Labute approximate surface area is 123 Å². The van der Waals surface area contributed by atoms with Crippen molar-refractivity contribution in [3.8, 4) is 0 Å². The molecule has 20 heavy (non-hydrogen) atoms. The Bertz CT molecular complexity index is 590. The molecular formula is C16H18N2OS. The number of thiazole rings is 1. The van der Waals surface area contributed by atoms with Crippen LogP contribution in [0.15, 0.2) is 30.3 Å². The third-order valence-corrected chi connectivity index (χ3v) is 4.67. The number of nitrogens with zero attached hydrogens (tertiary/aromatic N) is 2. The molecule has 0 N–H and O–H groups in total. The molecule has 1 aliphatic rings. The summed E-state index contributed by atoms with van der Waals surface area (Å²) in [6.07, 6.45) is 3.31. The Hall–Kier alpha value is -1.68. The van der Waals surface area contributed by atoms with Crippen molar-refractivity contribution in [3.05, 3.63) is 46.5 Å². The zero-order chi connectivity index (χ0) is 13.9. The Morgan fingerprint density at radius 1 is 1.35 bits per heavy atom. The van der Waals surface area contributed by atoms with Crippen molar-refractivity contribution in [2.24, 2.45) is 0 Å². The van der Waals surface area contributed by atoms with Gasteiger partial charge in [0.05, 0.1) is 10.6 Å². The molecule has 3 nitrogen and oxygen atoms in total. The molecular weight excluding hydrogens is 268 g/mol. The summed E-state index contributed by atoms with van der Waals surface area (Å²) in [4.78, 5) is 19.0. The highest BCUT2D eigenvalue weighted by atomic mass is 32.1. The summed E-state index contributed by atoms with van der Waals surface area (Å²) in [6, 6.07) is 10.4. The number of hydrogen-bond acceptors (Lipinski definition) is 4. The number of aromatic nitrogens is 1. The molecule has 1 aromatic heterocycles. The van der Waals surface area contributed by atoms with Crippen molar-refractivity contribution >= 4 is 22.8 Å². The molecule has 0 spiro atoms. The third-order valence-electron chi connectivity index (χ3n) is 3.61. The van der Waals surface area contributed by atoms with Crippen LogP contribution in [0.5, 0.6) is 0 Å². The summed E-state index contributed by atoms with van der Waals surface area (Å²) in [6.45, 7) is 3.86. The summed E-state index contributed by atoms with van der Waals surface area (Å²) < 4.78 is 0. The van der Waals surface area contributed by atoms with Gasteiger partial charge in [-0.1, -0.05) is 41.7 Å². The standard InChI is InChI=1S/C16H18N2OS/c1-2-18(10-12-6-4-3-5-7-12)16-17-15(13-8-9-13)14(11-19)20-16/h3-7,11,13H,2,8-10H2,1H3. The van der Waals surface area contributed by atoms with Crippen molar-refractivity contribution in [1.82, 2.24) is 4.98 Å². The fourth-order valence-corrected chi connectivity index (χ4v) is 3.35. The number of carbonyl (C=O) groups excluding carboxylic acids is 1. The average Bonchev–Trinajstić information content (AvgIpc) is 3.25. The van der Waals surface area contributed by atoms with E-state index in [2.05, 4.69) is 36.1 Å². The van der Waals surface area contributed by atoms with Crippen LogP contribution in [-0.2, 0) is 6.54 Å². The Morgan fingerprint density at radius 2 is 2.10 bits per heavy atom. The van der Waals surface area contributed by atoms with E-state index in [0.29, 0.717) is 5.92 Å². The highest BCUT2D eigenvalue weighted by Gasteiger charge is 2.30. The number of hydrogen-bond donors (Lipinski definition) is 0. The van der Waals surface area contributed by atoms with E-state index in [9.17, 15) is 4.79 Å². The lowest BCUT2D eigenvalue weighted by Gasteiger charge is -2.19. The maximum absolute atomic E-state index is 11.2. The second kappa shape index (κ2) is 5.75. The van der Waals surface area contributed by atoms with Gasteiger partial charge in [-0.05, 0) is 25.3 Å². The molecule has 2 aromatic rings. The molecule has 0 bridgehead atoms. The SMILES string of the molecule is CCN(Cc1ccccc1)c1nc(C2CC2)c(C=O)s1. The van der Waals surface area contributed by atoms with Gasteiger partial charge in [0.1, 0.15) is 0 Å². The van der Waals surface area contributed by atoms with E-state index in [-0.39, 0.29) is 0 Å². The Morgan fingerprint density at radius 3 is 2.70 bits per heavy atom. The van der Waals surface area contributed by atoms with Crippen LogP contribution in [0.3, 0.4) is 0 Å². The van der Waals surface area contributed by atoms with Gasteiger partial charge >= 0.3 is 0 Å². The van der Waals surface area contributed by atoms with Crippen molar-refractivity contribution in [2.45, 2.75) is 32.2 Å². The molecule has 0 unspecified atom stereocenters. The van der Waals surface area contributed by atoms with Crippen LogP contribution in [0.25, 0.3) is 0 Å². The first kappa shape index (κ1) is 13.3. The van der Waals surface area contributed by atoms with Crippen molar-refractivity contribution in [2.75, 3.05) is 11.4 Å². The molecule has 0 amide bonds. The maximum Gasteiger partial charge on any atom is 0.186 e. The molecule has 4 heteroatoms. The second-order valence-electron chi connectivity index (χ2n) is 5.14. The van der Waals surface area contributed by atoms with Gasteiger partial charge in [-0.3, -0.25) is 4.79 Å². The van der Waals surface area contributed by atoms with Crippen LogP contribution in [0.2, 0.25) is 0 Å². The highest BCUT2D eigenvalue weighted by Crippen LogP contribution is 2.43. The van der Waals surface area contributed by atoms with Gasteiger partial charge in [0.2, 0.25) is 0 Å². The van der Waals surface area contributed by atoms with Gasteiger partial charge < -0.3 is 4.90 Å². The zero-order valence-electron chi connectivity index (χ0n) is 11.6. The largest absolute Gasteiger partial charge is 0.344 e. The van der Waals surface area contributed by atoms with E-state index in [0.717, 1.165) is 35.1 Å². The fourth-order valence-electron chi connectivity index (χ4n) is 2.32. The second-order valence-corrected chi connectivity index (χ2v) is 6.15. The van der Waals surface area contributed by atoms with E-state index in [1.165, 1.54) is 29.7 Å². The molecule has 1 fully saturated rings. The van der Waals surface area contributed by atoms with Crippen molar-refractivity contribution in [3.63, 3.8) is 0 Å². The molecule has 0 atom stereocenters. The normalized spacial score (nSPS) is 14.2. The molecule has 1 aromatic carbocycles. The van der Waals surface area contributed by atoms with E-state index in [4.69, 9.17) is 4.98 Å². The quantitative estimate of drug-likeness (QED) is 0.756. The number of carbonyl (C=O) groups is 1. The van der Waals surface area contributed by atoms with Crippen molar-refractivity contribution in [1.29, 1.82) is 0 Å². The first-order chi connectivity index (χ1) is 9.81. The lowest BCUT2D eigenvalue weighted by molar-refractivity contribution is 0.112. The number of anilines is 1. The molecule has 0 radical (unpaired) electrons. The smallest absolute Gasteiger partial charge is 0.186 e. The number of aldehydes is 1. The maximum atomic E-state index is 11.2. The van der Waals surface area contributed by atoms with Gasteiger partial charge in [-0.15, -0.1) is 0 Å². The van der Waals surface area contributed by atoms with E-state index in [1.54, 1.807) is 0 Å². The first-order valence-electron chi connectivity index (χ1n) is 7.06. The minimum absolute atomic E-state index is 0.524. The fraction of sp³-hybridized carbons (Fsp3) is 0.375. The summed E-state index contributed by atoms with van der Waals surface area (Å²) in [5, 5.41) is 0.973. The van der Waals surface area contributed by atoms with Crippen LogP contribution in [0, 0.1) is 0 Å². The molecule has 0 saturated heterocycles. The predicted molar refractivity (Wildman–Crippen MR) is 82.6 cm³/mol. The molecule has 3 rings (SSSR count). The van der Waals surface area contributed by atoms with Crippen LogP contribution in [-0.4, -0.2) is 17.8 Å². The number of benzene rings is 1. The minimum Gasteiger partial charge on any atom is -0.344 e. The van der Waals surface area contributed by atoms with Crippen LogP contribution < -0.4 is 4.90 Å². The van der Waals surface area contributed by atoms with Crippen LogP contribution >= 0.6 is 11.3 Å². The Balaban J connectivity index is 1.83. The zero-order valence-corrected chi connectivity index (χ0v) is 12.4. The van der Waals surface area contributed by atoms with Gasteiger partial charge in [-0.2, -0.15) is 0 Å². The van der Waals surface area contributed by atoms with E-state index in [1.807, 2.05) is 6.07 Å². The van der Waals surface area contributed by atoms with Gasteiger partial charge in [0.25, 0.3) is 0 Å². The van der Waals surface area contributed by atoms with Gasteiger partial charge in [0, 0.05) is 19.0 Å². The monoisotopic (exact) mass is 286 g/mol. The predicted octanol–water partition coefficient (Wildman–Crippen LogP) is 3.86. The minimum atomic E-state index is 0.524. The van der Waals surface area contributed by atoms with Gasteiger partial charge in [0.15, 0.2) is 11.4 Å². The first-order valence-corrected chi connectivity index (χ1v) is 7.88. The number of rotatable bonds is 6. The van der Waals surface area contributed by atoms with E-state index < -0.39 is 0 Å². The molecule has 104 valence electrons. The summed E-state index contributed by atoms with van der Waals surface area (Å²) in [5.74, 6) is 0.524. The van der Waals surface area contributed by atoms with Crippen LogP contribution in [0.1, 0.15) is 46.6 Å². The summed E-state index contributed by atoms with van der Waals surface area (Å²) >= 11 is 1.53. The van der Waals surface area contributed by atoms with Gasteiger partial charge in [-0.25, -0.2) is 4.98 Å². The molecule has 1 saturated carbocycles. The molecule has 0 aliphatic heterocycles. The summed E-state index contributed by atoms with van der Waals surface area (Å²) in [5.41, 5.74) is 2.29. The third kappa shape index (κ3) is 2.75. The molecule has 1 aliphatic carbocycles. The van der Waals surface area contributed by atoms with E-state index >= 15 is 0 Å². The average molecular weight is 286 g/mol. The summed E-state index contributed by atoms with van der Waals surface area (Å²) in [7, 11) is 0. The lowest BCUT2D eigenvalue weighted by atomic mass is 10.2. The highest BCUT2D eigenvalue weighted by molar-refractivity contribution is 7.17.